The maximum absolute atomic E-state index is 12.6. The molecule has 0 fully saturated rings. The number of aromatic nitrogens is 1. The summed E-state index contributed by atoms with van der Waals surface area (Å²) in [6.45, 7) is 2.03. The van der Waals surface area contributed by atoms with Crippen molar-refractivity contribution in [3.63, 3.8) is 0 Å². The number of thiazole rings is 1. The number of halogens is 3. The topological polar surface area (TPSA) is 50.2 Å². The zero-order chi connectivity index (χ0) is 17.0. The normalized spacial score (nSPS) is 11.7. The first-order chi connectivity index (χ1) is 10.8. The van der Waals surface area contributed by atoms with Crippen molar-refractivity contribution in [2.24, 2.45) is 0 Å². The van der Waals surface area contributed by atoms with Crippen LogP contribution in [0.15, 0.2) is 24.3 Å². The van der Waals surface area contributed by atoms with Gasteiger partial charge in [-0.05, 0) is 25.0 Å². The van der Waals surface area contributed by atoms with E-state index < -0.39 is 17.7 Å². The summed E-state index contributed by atoms with van der Waals surface area (Å²) in [5.74, 6) is -0.939. The lowest BCUT2D eigenvalue weighted by atomic mass is 10.1. The smallest absolute Gasteiger partial charge is 0.416 e. The van der Waals surface area contributed by atoms with Crippen LogP contribution in [0.4, 0.5) is 13.2 Å². The van der Waals surface area contributed by atoms with Crippen LogP contribution >= 0.6 is 11.3 Å². The zero-order valence-corrected chi connectivity index (χ0v) is 13.3. The number of alkyl halides is 3. The number of benzene rings is 1. The van der Waals surface area contributed by atoms with Crippen LogP contribution in [0.3, 0.4) is 0 Å². The second-order valence-corrected chi connectivity index (χ2v) is 6.22. The third-order valence-corrected chi connectivity index (χ3v) is 4.46. The van der Waals surface area contributed by atoms with Crippen LogP contribution in [0, 0.1) is 0 Å². The van der Waals surface area contributed by atoms with Crippen molar-refractivity contribution in [2.75, 3.05) is 0 Å². The molecule has 0 saturated carbocycles. The summed E-state index contributed by atoms with van der Waals surface area (Å²) in [5, 5.41) is 9.53. The molecular weight excluding hydrogens is 327 g/mol. The molecule has 1 aromatic heterocycles. The Hall–Kier alpha value is -1.89. The third-order valence-electron chi connectivity index (χ3n) is 3.32. The van der Waals surface area contributed by atoms with Gasteiger partial charge in [0.1, 0.15) is 5.01 Å². The molecule has 0 spiro atoms. The number of rotatable bonds is 6. The van der Waals surface area contributed by atoms with E-state index in [9.17, 15) is 18.0 Å². The molecule has 0 aliphatic rings. The summed E-state index contributed by atoms with van der Waals surface area (Å²) in [7, 11) is 0. The molecule has 3 nitrogen and oxygen atoms in total. The van der Waals surface area contributed by atoms with Gasteiger partial charge in [0.15, 0.2) is 0 Å². The van der Waals surface area contributed by atoms with Gasteiger partial charge in [-0.3, -0.25) is 4.79 Å². The van der Waals surface area contributed by atoms with Crippen LogP contribution in [-0.4, -0.2) is 16.1 Å². The predicted molar refractivity (Wildman–Crippen MR) is 82.5 cm³/mol. The molecule has 124 valence electrons. The SMILES string of the molecule is CCCCc1nc(-c2ccc(C(F)(F)F)cc2)sc1CC(=O)O. The summed E-state index contributed by atoms with van der Waals surface area (Å²) in [6, 6.07) is 4.77. The number of hydrogen-bond donors (Lipinski definition) is 1. The molecule has 0 aliphatic carbocycles. The van der Waals surface area contributed by atoms with Crippen molar-refractivity contribution in [3.8, 4) is 10.6 Å². The van der Waals surface area contributed by atoms with Crippen molar-refractivity contribution >= 4 is 17.3 Å². The minimum absolute atomic E-state index is 0.114. The number of aryl methyl sites for hydroxylation is 1. The van der Waals surface area contributed by atoms with Gasteiger partial charge in [0.05, 0.1) is 17.7 Å². The van der Waals surface area contributed by atoms with E-state index in [0.29, 0.717) is 21.9 Å². The standard InChI is InChI=1S/C16H16F3NO2S/c1-2-3-4-12-13(9-14(21)22)23-15(20-12)10-5-7-11(8-6-10)16(17,18)19/h5-8H,2-4,9H2,1H3,(H,21,22). The summed E-state index contributed by atoms with van der Waals surface area (Å²) >= 11 is 1.23. The van der Waals surface area contributed by atoms with Gasteiger partial charge in [0, 0.05) is 10.4 Å². The van der Waals surface area contributed by atoms with Gasteiger partial charge in [0.25, 0.3) is 0 Å². The summed E-state index contributed by atoms with van der Waals surface area (Å²) in [5.41, 5.74) is 0.585. The third kappa shape index (κ3) is 4.54. The minimum Gasteiger partial charge on any atom is -0.481 e. The highest BCUT2D eigenvalue weighted by molar-refractivity contribution is 7.15. The molecule has 2 rings (SSSR count). The molecule has 0 saturated heterocycles. The number of unbranched alkanes of at least 4 members (excludes halogenated alkanes) is 1. The van der Waals surface area contributed by atoms with E-state index >= 15 is 0 Å². The molecule has 0 atom stereocenters. The van der Waals surface area contributed by atoms with Crippen LogP contribution < -0.4 is 0 Å². The average molecular weight is 343 g/mol. The fourth-order valence-electron chi connectivity index (χ4n) is 2.12. The molecular formula is C16H16F3NO2S. The second kappa shape index (κ2) is 7.12. The van der Waals surface area contributed by atoms with Crippen LogP contribution in [0.2, 0.25) is 0 Å². The molecule has 0 unspecified atom stereocenters. The number of hydrogen-bond acceptors (Lipinski definition) is 3. The Bertz CT molecular complexity index is 678. The highest BCUT2D eigenvalue weighted by Crippen LogP contribution is 2.33. The molecule has 0 aliphatic heterocycles. The van der Waals surface area contributed by atoms with E-state index in [1.165, 1.54) is 23.5 Å². The Balaban J connectivity index is 2.31. The molecule has 0 bridgehead atoms. The quantitative estimate of drug-likeness (QED) is 0.820. The van der Waals surface area contributed by atoms with Gasteiger partial charge in [-0.2, -0.15) is 13.2 Å². The van der Waals surface area contributed by atoms with Gasteiger partial charge in [0.2, 0.25) is 0 Å². The molecule has 0 radical (unpaired) electrons. The highest BCUT2D eigenvalue weighted by Gasteiger charge is 2.30. The van der Waals surface area contributed by atoms with E-state index in [1.54, 1.807) is 0 Å². The fraction of sp³-hybridized carbons (Fsp3) is 0.375. The summed E-state index contributed by atoms with van der Waals surface area (Å²) < 4.78 is 37.8. The van der Waals surface area contributed by atoms with Crippen LogP contribution in [0.5, 0.6) is 0 Å². The summed E-state index contributed by atoms with van der Waals surface area (Å²) in [4.78, 5) is 16.1. The zero-order valence-electron chi connectivity index (χ0n) is 12.5. The lowest BCUT2D eigenvalue weighted by Crippen LogP contribution is -2.03. The van der Waals surface area contributed by atoms with E-state index in [1.807, 2.05) is 6.92 Å². The largest absolute Gasteiger partial charge is 0.481 e. The molecule has 0 amide bonds. The van der Waals surface area contributed by atoms with Crippen molar-refractivity contribution in [2.45, 2.75) is 38.8 Å². The lowest BCUT2D eigenvalue weighted by Gasteiger charge is -2.06. The van der Waals surface area contributed by atoms with Gasteiger partial charge < -0.3 is 5.11 Å². The van der Waals surface area contributed by atoms with Gasteiger partial charge >= 0.3 is 12.1 Å². The first kappa shape index (κ1) is 17.5. The average Bonchev–Trinajstić information content (AvgIpc) is 2.86. The predicted octanol–water partition coefficient (Wildman–Crippen LogP) is 4.80. The molecule has 2 aromatic rings. The number of nitrogens with zero attached hydrogens (tertiary/aromatic N) is 1. The Labute approximate surface area is 135 Å². The number of carboxylic acid groups (broad SMARTS) is 1. The Morgan fingerprint density at radius 3 is 2.43 bits per heavy atom. The maximum Gasteiger partial charge on any atom is 0.416 e. The second-order valence-electron chi connectivity index (χ2n) is 5.14. The molecule has 23 heavy (non-hydrogen) atoms. The first-order valence-corrected chi connectivity index (χ1v) is 8.01. The molecule has 1 aromatic carbocycles. The number of carbonyl (C=O) groups is 1. The highest BCUT2D eigenvalue weighted by atomic mass is 32.1. The minimum atomic E-state index is -4.37. The van der Waals surface area contributed by atoms with E-state index in [4.69, 9.17) is 5.11 Å². The maximum atomic E-state index is 12.6. The number of aliphatic carboxylic acids is 1. The Kier molecular flexibility index (Phi) is 5.41. The van der Waals surface area contributed by atoms with Gasteiger partial charge in [-0.15, -0.1) is 11.3 Å². The van der Waals surface area contributed by atoms with Crippen molar-refractivity contribution in [3.05, 3.63) is 40.4 Å². The van der Waals surface area contributed by atoms with E-state index in [0.717, 1.165) is 30.7 Å². The van der Waals surface area contributed by atoms with Crippen molar-refractivity contribution in [1.29, 1.82) is 0 Å². The monoisotopic (exact) mass is 343 g/mol. The Morgan fingerprint density at radius 1 is 1.26 bits per heavy atom. The lowest BCUT2D eigenvalue weighted by molar-refractivity contribution is -0.138. The van der Waals surface area contributed by atoms with Gasteiger partial charge in [-0.1, -0.05) is 25.5 Å². The van der Waals surface area contributed by atoms with E-state index in [2.05, 4.69) is 4.98 Å². The summed E-state index contributed by atoms with van der Waals surface area (Å²) in [6.07, 6.45) is -1.96. The first-order valence-electron chi connectivity index (χ1n) is 7.19. The van der Waals surface area contributed by atoms with Crippen molar-refractivity contribution in [1.82, 2.24) is 4.98 Å². The van der Waals surface area contributed by atoms with Crippen LogP contribution in [0.25, 0.3) is 10.6 Å². The molecule has 1 heterocycles. The van der Waals surface area contributed by atoms with Crippen LogP contribution in [-0.2, 0) is 23.8 Å². The number of carboxylic acids is 1. The molecule has 7 heteroatoms. The van der Waals surface area contributed by atoms with Crippen molar-refractivity contribution < 1.29 is 23.1 Å². The van der Waals surface area contributed by atoms with E-state index in [-0.39, 0.29) is 6.42 Å². The Morgan fingerprint density at radius 2 is 1.91 bits per heavy atom. The van der Waals surface area contributed by atoms with Crippen LogP contribution in [0.1, 0.15) is 35.9 Å². The molecule has 1 N–H and O–H groups in total. The fourth-order valence-corrected chi connectivity index (χ4v) is 3.23. The van der Waals surface area contributed by atoms with Gasteiger partial charge in [-0.25, -0.2) is 4.98 Å².